The molecule has 8 nitrogen and oxygen atoms in total. The molecule has 9 heteroatoms. The predicted molar refractivity (Wildman–Crippen MR) is 87.3 cm³/mol. The van der Waals surface area contributed by atoms with Gasteiger partial charge in [-0.25, -0.2) is 4.39 Å². The number of aromatic nitrogens is 4. The molecule has 4 rings (SSSR count). The van der Waals surface area contributed by atoms with Gasteiger partial charge in [0.2, 0.25) is 5.91 Å². The molecule has 0 aliphatic carbocycles. The predicted octanol–water partition coefficient (Wildman–Crippen LogP) is 0.621. The Hall–Kier alpha value is -3.07. The van der Waals surface area contributed by atoms with Gasteiger partial charge in [0.25, 0.3) is 0 Å². The minimum absolute atomic E-state index is 0.311. The molecule has 3 heterocycles. The molecule has 1 aliphatic heterocycles. The molecule has 128 valence electrons. The Labute approximate surface area is 142 Å². The van der Waals surface area contributed by atoms with E-state index in [1.54, 1.807) is 30.3 Å². The van der Waals surface area contributed by atoms with Crippen LogP contribution in [-0.4, -0.2) is 51.5 Å². The van der Waals surface area contributed by atoms with Crippen LogP contribution in [0.1, 0.15) is 0 Å². The van der Waals surface area contributed by atoms with Crippen LogP contribution in [0.4, 0.5) is 10.2 Å². The first-order chi connectivity index (χ1) is 12.1. The molecule has 1 saturated heterocycles. The lowest BCUT2D eigenvalue weighted by molar-refractivity contribution is -0.130. The van der Waals surface area contributed by atoms with Gasteiger partial charge in [-0.15, -0.1) is 15.3 Å². The second kappa shape index (κ2) is 6.10. The molecule has 0 spiro atoms. The maximum absolute atomic E-state index is 14.1. The van der Waals surface area contributed by atoms with E-state index in [0.717, 1.165) is 0 Å². The molecule has 1 unspecified atom stereocenters. The van der Waals surface area contributed by atoms with Crippen molar-refractivity contribution < 1.29 is 13.9 Å². The SMILES string of the molecule is NC(=O)C1CN(c2ccc3nnc(-c4ccccc4F)n3n2)CCO1. The molecule has 0 saturated carbocycles. The van der Waals surface area contributed by atoms with Crippen molar-refractivity contribution in [2.75, 3.05) is 24.6 Å². The summed E-state index contributed by atoms with van der Waals surface area (Å²) in [7, 11) is 0. The van der Waals surface area contributed by atoms with Crippen molar-refractivity contribution in [3.63, 3.8) is 0 Å². The Kier molecular flexibility index (Phi) is 3.77. The summed E-state index contributed by atoms with van der Waals surface area (Å²) in [5.74, 6) is 0.0142. The number of amides is 1. The van der Waals surface area contributed by atoms with Gasteiger partial charge in [0.15, 0.2) is 17.6 Å². The lowest BCUT2D eigenvalue weighted by atomic mass is 10.2. The second-order valence-corrected chi connectivity index (χ2v) is 5.67. The number of benzene rings is 1. The number of fused-ring (bicyclic) bond motifs is 1. The van der Waals surface area contributed by atoms with Crippen molar-refractivity contribution in [2.24, 2.45) is 5.73 Å². The number of carbonyl (C=O) groups excluding carboxylic acids is 1. The van der Waals surface area contributed by atoms with Gasteiger partial charge in [0.1, 0.15) is 11.6 Å². The van der Waals surface area contributed by atoms with Gasteiger partial charge in [-0.05, 0) is 24.3 Å². The minimum atomic E-state index is -0.682. The van der Waals surface area contributed by atoms with Crippen LogP contribution in [-0.2, 0) is 9.53 Å². The highest BCUT2D eigenvalue weighted by molar-refractivity contribution is 5.79. The minimum Gasteiger partial charge on any atom is -0.367 e. The average Bonchev–Trinajstić information content (AvgIpc) is 3.05. The normalized spacial score (nSPS) is 17.8. The summed E-state index contributed by atoms with van der Waals surface area (Å²) in [5.41, 5.74) is 6.14. The third-order valence-electron chi connectivity index (χ3n) is 4.07. The standard InChI is InChI=1S/C16H15FN6O2/c17-11-4-2-1-3-10(11)16-20-19-13-5-6-14(21-23(13)16)22-7-8-25-12(9-22)15(18)24/h1-6,12H,7-9H2,(H2,18,24). The summed E-state index contributed by atoms with van der Waals surface area (Å²) in [6, 6.07) is 9.84. The van der Waals surface area contributed by atoms with Gasteiger partial charge in [-0.3, -0.25) is 4.79 Å². The fourth-order valence-corrected chi connectivity index (χ4v) is 2.79. The van der Waals surface area contributed by atoms with Gasteiger partial charge < -0.3 is 15.4 Å². The first kappa shape index (κ1) is 15.5. The molecule has 1 atom stereocenters. The van der Waals surface area contributed by atoms with E-state index in [1.165, 1.54) is 10.6 Å². The molecule has 1 aromatic carbocycles. The lowest BCUT2D eigenvalue weighted by Crippen LogP contribution is -2.48. The monoisotopic (exact) mass is 342 g/mol. The highest BCUT2D eigenvalue weighted by Crippen LogP contribution is 2.22. The Morgan fingerprint density at radius 2 is 2.08 bits per heavy atom. The van der Waals surface area contributed by atoms with Crippen LogP contribution in [0.15, 0.2) is 36.4 Å². The summed E-state index contributed by atoms with van der Waals surface area (Å²) in [6.45, 7) is 1.25. The van der Waals surface area contributed by atoms with Crippen molar-refractivity contribution in [1.29, 1.82) is 0 Å². The van der Waals surface area contributed by atoms with Gasteiger partial charge >= 0.3 is 0 Å². The molecular formula is C16H15FN6O2. The fourth-order valence-electron chi connectivity index (χ4n) is 2.79. The molecule has 2 N–H and O–H groups in total. The molecule has 3 aromatic rings. The number of anilines is 1. The molecule has 1 amide bonds. The molecule has 1 fully saturated rings. The number of hydrogen-bond donors (Lipinski definition) is 1. The molecule has 0 bridgehead atoms. The zero-order valence-electron chi connectivity index (χ0n) is 13.2. The quantitative estimate of drug-likeness (QED) is 0.749. The number of morpholine rings is 1. The number of carbonyl (C=O) groups is 1. The first-order valence-electron chi connectivity index (χ1n) is 7.77. The van der Waals surface area contributed by atoms with E-state index < -0.39 is 17.8 Å². The van der Waals surface area contributed by atoms with E-state index in [0.29, 0.717) is 42.5 Å². The van der Waals surface area contributed by atoms with Crippen molar-refractivity contribution in [3.05, 3.63) is 42.2 Å². The largest absolute Gasteiger partial charge is 0.367 e. The fraction of sp³-hybridized carbons (Fsp3) is 0.250. The Balaban J connectivity index is 1.74. The molecule has 2 aromatic heterocycles. The van der Waals surface area contributed by atoms with Crippen LogP contribution in [0, 0.1) is 5.82 Å². The van der Waals surface area contributed by atoms with Gasteiger partial charge in [-0.1, -0.05) is 12.1 Å². The van der Waals surface area contributed by atoms with E-state index in [9.17, 15) is 9.18 Å². The second-order valence-electron chi connectivity index (χ2n) is 5.67. The third kappa shape index (κ3) is 2.78. The Morgan fingerprint density at radius 1 is 1.24 bits per heavy atom. The summed E-state index contributed by atoms with van der Waals surface area (Å²) in [4.78, 5) is 13.3. The summed E-state index contributed by atoms with van der Waals surface area (Å²) < 4.78 is 20.9. The van der Waals surface area contributed by atoms with Gasteiger partial charge in [-0.2, -0.15) is 4.52 Å². The highest BCUT2D eigenvalue weighted by atomic mass is 19.1. The number of hydrogen-bond acceptors (Lipinski definition) is 6. The van der Waals surface area contributed by atoms with E-state index in [4.69, 9.17) is 10.5 Å². The number of ether oxygens (including phenoxy) is 1. The lowest BCUT2D eigenvalue weighted by Gasteiger charge is -2.32. The molecule has 1 aliphatic rings. The van der Waals surface area contributed by atoms with E-state index in [2.05, 4.69) is 15.3 Å². The zero-order chi connectivity index (χ0) is 17.4. The third-order valence-corrected chi connectivity index (χ3v) is 4.07. The van der Waals surface area contributed by atoms with Crippen molar-refractivity contribution in [3.8, 4) is 11.4 Å². The Morgan fingerprint density at radius 3 is 2.88 bits per heavy atom. The van der Waals surface area contributed by atoms with E-state index in [1.807, 2.05) is 4.90 Å². The van der Waals surface area contributed by atoms with E-state index >= 15 is 0 Å². The number of nitrogens with two attached hydrogens (primary N) is 1. The maximum atomic E-state index is 14.1. The van der Waals surface area contributed by atoms with E-state index in [-0.39, 0.29) is 0 Å². The topological polar surface area (TPSA) is 98.6 Å². The molecule has 25 heavy (non-hydrogen) atoms. The van der Waals surface area contributed by atoms with Crippen molar-refractivity contribution in [2.45, 2.75) is 6.10 Å². The summed E-state index contributed by atoms with van der Waals surface area (Å²) in [5, 5.41) is 12.6. The maximum Gasteiger partial charge on any atom is 0.248 e. The average molecular weight is 342 g/mol. The number of nitrogens with zero attached hydrogens (tertiary/aromatic N) is 5. The van der Waals surface area contributed by atoms with Crippen LogP contribution in [0.5, 0.6) is 0 Å². The smallest absolute Gasteiger partial charge is 0.248 e. The van der Waals surface area contributed by atoms with Crippen LogP contribution < -0.4 is 10.6 Å². The van der Waals surface area contributed by atoms with Crippen LogP contribution >= 0.6 is 0 Å². The van der Waals surface area contributed by atoms with Crippen molar-refractivity contribution >= 4 is 17.4 Å². The van der Waals surface area contributed by atoms with Crippen molar-refractivity contribution in [1.82, 2.24) is 19.8 Å². The zero-order valence-corrected chi connectivity index (χ0v) is 13.2. The molecule has 0 radical (unpaired) electrons. The summed E-state index contributed by atoms with van der Waals surface area (Å²) in [6.07, 6.45) is -0.682. The molecular weight excluding hydrogens is 327 g/mol. The first-order valence-corrected chi connectivity index (χ1v) is 7.77. The van der Waals surface area contributed by atoms with Crippen LogP contribution in [0.3, 0.4) is 0 Å². The number of primary amides is 1. The number of rotatable bonds is 3. The summed E-state index contributed by atoms with van der Waals surface area (Å²) >= 11 is 0. The highest BCUT2D eigenvalue weighted by Gasteiger charge is 2.26. The van der Waals surface area contributed by atoms with Crippen LogP contribution in [0.2, 0.25) is 0 Å². The van der Waals surface area contributed by atoms with Crippen LogP contribution in [0.25, 0.3) is 17.0 Å². The Bertz CT molecular complexity index is 943. The van der Waals surface area contributed by atoms with Gasteiger partial charge in [0.05, 0.1) is 18.7 Å². The van der Waals surface area contributed by atoms with Gasteiger partial charge in [0, 0.05) is 6.54 Å². The number of halogens is 1.